The highest BCUT2D eigenvalue weighted by atomic mass is 32.1. The summed E-state index contributed by atoms with van der Waals surface area (Å²) in [7, 11) is 0. The van der Waals surface area contributed by atoms with Crippen LogP contribution in [-0.2, 0) is 0 Å². The minimum atomic E-state index is 0.222. The molecular weight excluding hydrogens is 300 g/mol. The van der Waals surface area contributed by atoms with Crippen LogP contribution in [0.2, 0.25) is 0 Å². The Bertz CT molecular complexity index is 687. The van der Waals surface area contributed by atoms with E-state index in [1.807, 2.05) is 0 Å². The number of aryl methyl sites for hydroxylation is 4. The van der Waals surface area contributed by atoms with E-state index in [-0.39, 0.29) is 6.04 Å². The first kappa shape index (κ1) is 17.5. The Labute approximate surface area is 145 Å². The van der Waals surface area contributed by atoms with Gasteiger partial charge in [-0.25, -0.2) is 0 Å². The molecule has 0 aliphatic carbocycles. The molecule has 0 spiro atoms. The summed E-state index contributed by atoms with van der Waals surface area (Å²) in [5, 5.41) is 7.41. The molecule has 122 valence electrons. The molecule has 2 aromatic carbocycles. The second kappa shape index (κ2) is 7.60. The molecule has 1 unspecified atom stereocenters. The number of hydrogen-bond donors (Lipinski definition) is 2. The Balaban J connectivity index is 2.08. The highest BCUT2D eigenvalue weighted by molar-refractivity contribution is 7.80. The molecule has 23 heavy (non-hydrogen) atoms. The molecule has 2 nitrogen and oxygen atoms in total. The molecule has 0 radical (unpaired) electrons. The molecule has 2 rings (SSSR count). The molecule has 0 bridgehead atoms. The molecule has 2 aromatic rings. The fraction of sp³-hybridized carbons (Fsp3) is 0.350. The van der Waals surface area contributed by atoms with Crippen LogP contribution in [0.3, 0.4) is 0 Å². The molecule has 0 fully saturated rings. The summed E-state index contributed by atoms with van der Waals surface area (Å²) < 4.78 is 0. The van der Waals surface area contributed by atoms with Gasteiger partial charge in [-0.05, 0) is 86.3 Å². The Morgan fingerprint density at radius 2 is 1.61 bits per heavy atom. The van der Waals surface area contributed by atoms with Crippen LogP contribution in [0.25, 0.3) is 0 Å². The zero-order chi connectivity index (χ0) is 17.0. The first-order valence-electron chi connectivity index (χ1n) is 8.12. The van der Waals surface area contributed by atoms with E-state index >= 15 is 0 Å². The van der Waals surface area contributed by atoms with Crippen molar-refractivity contribution in [1.29, 1.82) is 0 Å². The van der Waals surface area contributed by atoms with Crippen molar-refractivity contribution >= 4 is 23.0 Å². The van der Waals surface area contributed by atoms with Crippen molar-refractivity contribution in [3.63, 3.8) is 0 Å². The van der Waals surface area contributed by atoms with Crippen molar-refractivity contribution in [1.82, 2.24) is 5.32 Å². The van der Waals surface area contributed by atoms with Crippen LogP contribution >= 0.6 is 12.2 Å². The van der Waals surface area contributed by atoms with Crippen LogP contribution in [0, 0.1) is 27.7 Å². The van der Waals surface area contributed by atoms with Crippen molar-refractivity contribution in [2.45, 2.75) is 47.1 Å². The number of thiocarbonyl (C=S) groups is 1. The Kier molecular flexibility index (Phi) is 5.78. The van der Waals surface area contributed by atoms with Crippen molar-refractivity contribution in [3.8, 4) is 0 Å². The standard InChI is InChI=1S/C20H26N2S/c1-6-19(17-8-7-15(4)16(5)12-17)22-20(23)21-18-10-13(2)9-14(3)11-18/h7-12,19H,6H2,1-5H3,(H2,21,22,23). The van der Waals surface area contributed by atoms with E-state index in [4.69, 9.17) is 12.2 Å². The predicted octanol–water partition coefficient (Wildman–Crippen LogP) is 5.36. The fourth-order valence-electron chi connectivity index (χ4n) is 2.77. The molecule has 0 saturated heterocycles. The molecule has 0 heterocycles. The molecule has 0 aromatic heterocycles. The van der Waals surface area contributed by atoms with Crippen LogP contribution in [0.15, 0.2) is 36.4 Å². The first-order chi connectivity index (χ1) is 10.9. The summed E-state index contributed by atoms with van der Waals surface area (Å²) in [4.78, 5) is 0. The third kappa shape index (κ3) is 4.80. The molecular formula is C20H26N2S. The summed E-state index contributed by atoms with van der Waals surface area (Å²) in [6, 6.07) is 13.2. The number of nitrogens with one attached hydrogen (secondary N) is 2. The van der Waals surface area contributed by atoms with Crippen LogP contribution < -0.4 is 10.6 Å². The van der Waals surface area contributed by atoms with E-state index in [1.165, 1.54) is 27.8 Å². The summed E-state index contributed by atoms with van der Waals surface area (Å²) in [6.45, 7) is 10.7. The van der Waals surface area contributed by atoms with Gasteiger partial charge in [0.05, 0.1) is 6.04 Å². The number of benzene rings is 2. The lowest BCUT2D eigenvalue weighted by Gasteiger charge is -2.21. The van der Waals surface area contributed by atoms with E-state index in [2.05, 4.69) is 81.7 Å². The van der Waals surface area contributed by atoms with Gasteiger partial charge in [0.1, 0.15) is 0 Å². The van der Waals surface area contributed by atoms with Gasteiger partial charge >= 0.3 is 0 Å². The minimum Gasteiger partial charge on any atom is -0.356 e. The van der Waals surface area contributed by atoms with Crippen molar-refractivity contribution in [2.75, 3.05) is 5.32 Å². The maximum atomic E-state index is 5.50. The smallest absolute Gasteiger partial charge is 0.171 e. The lowest BCUT2D eigenvalue weighted by atomic mass is 9.99. The Hall–Kier alpha value is -1.87. The Morgan fingerprint density at radius 3 is 2.17 bits per heavy atom. The van der Waals surface area contributed by atoms with Gasteiger partial charge in [-0.3, -0.25) is 0 Å². The van der Waals surface area contributed by atoms with Crippen molar-refractivity contribution < 1.29 is 0 Å². The van der Waals surface area contributed by atoms with E-state index in [0.29, 0.717) is 5.11 Å². The largest absolute Gasteiger partial charge is 0.356 e. The predicted molar refractivity (Wildman–Crippen MR) is 104 cm³/mol. The normalized spacial score (nSPS) is 11.9. The molecule has 0 aliphatic rings. The van der Waals surface area contributed by atoms with Crippen LogP contribution in [0.4, 0.5) is 5.69 Å². The summed E-state index contributed by atoms with van der Waals surface area (Å²) in [5.41, 5.74) is 7.42. The van der Waals surface area contributed by atoms with Gasteiger partial charge in [0.2, 0.25) is 0 Å². The second-order valence-electron chi connectivity index (χ2n) is 6.28. The molecule has 0 saturated carbocycles. The average molecular weight is 327 g/mol. The first-order valence-corrected chi connectivity index (χ1v) is 8.53. The highest BCUT2D eigenvalue weighted by Crippen LogP contribution is 2.20. The molecule has 3 heteroatoms. The van der Waals surface area contributed by atoms with Gasteiger partial charge in [0.15, 0.2) is 5.11 Å². The average Bonchev–Trinajstić information content (AvgIpc) is 2.46. The SMILES string of the molecule is CCC(NC(=S)Nc1cc(C)cc(C)c1)c1ccc(C)c(C)c1. The maximum Gasteiger partial charge on any atom is 0.171 e. The van der Waals surface area contributed by atoms with Gasteiger partial charge in [-0.15, -0.1) is 0 Å². The zero-order valence-electron chi connectivity index (χ0n) is 14.7. The zero-order valence-corrected chi connectivity index (χ0v) is 15.5. The quantitative estimate of drug-likeness (QED) is 0.740. The van der Waals surface area contributed by atoms with E-state index < -0.39 is 0 Å². The van der Waals surface area contributed by atoms with E-state index in [9.17, 15) is 0 Å². The number of anilines is 1. The monoisotopic (exact) mass is 326 g/mol. The van der Waals surface area contributed by atoms with Crippen LogP contribution in [-0.4, -0.2) is 5.11 Å². The summed E-state index contributed by atoms with van der Waals surface area (Å²) in [6.07, 6.45) is 0.983. The fourth-order valence-corrected chi connectivity index (χ4v) is 3.03. The minimum absolute atomic E-state index is 0.222. The third-order valence-corrected chi connectivity index (χ3v) is 4.35. The topological polar surface area (TPSA) is 24.1 Å². The Morgan fingerprint density at radius 1 is 0.957 bits per heavy atom. The van der Waals surface area contributed by atoms with Crippen molar-refractivity contribution in [2.24, 2.45) is 0 Å². The second-order valence-corrected chi connectivity index (χ2v) is 6.69. The highest BCUT2D eigenvalue weighted by Gasteiger charge is 2.11. The van der Waals surface area contributed by atoms with Crippen LogP contribution in [0.5, 0.6) is 0 Å². The van der Waals surface area contributed by atoms with E-state index in [1.54, 1.807) is 0 Å². The maximum absolute atomic E-state index is 5.50. The van der Waals surface area contributed by atoms with Crippen molar-refractivity contribution in [3.05, 3.63) is 64.2 Å². The van der Waals surface area contributed by atoms with Gasteiger partial charge in [0.25, 0.3) is 0 Å². The lowest BCUT2D eigenvalue weighted by molar-refractivity contribution is 0.628. The summed E-state index contributed by atoms with van der Waals surface area (Å²) >= 11 is 5.50. The molecule has 2 N–H and O–H groups in total. The third-order valence-electron chi connectivity index (χ3n) is 4.13. The van der Waals surface area contributed by atoms with Crippen LogP contribution in [0.1, 0.15) is 47.2 Å². The summed E-state index contributed by atoms with van der Waals surface area (Å²) in [5.74, 6) is 0. The van der Waals surface area contributed by atoms with Gasteiger partial charge in [0, 0.05) is 5.69 Å². The van der Waals surface area contributed by atoms with Gasteiger partial charge in [-0.2, -0.15) is 0 Å². The molecule has 0 aliphatic heterocycles. The molecule has 0 amide bonds. The number of rotatable bonds is 4. The van der Waals surface area contributed by atoms with Gasteiger partial charge < -0.3 is 10.6 Å². The molecule has 1 atom stereocenters. The van der Waals surface area contributed by atoms with E-state index in [0.717, 1.165) is 12.1 Å². The number of hydrogen-bond acceptors (Lipinski definition) is 1. The lowest BCUT2D eigenvalue weighted by Crippen LogP contribution is -2.32. The van der Waals surface area contributed by atoms with Gasteiger partial charge in [-0.1, -0.05) is 31.2 Å².